The molecule has 2 saturated carbocycles. The highest BCUT2D eigenvalue weighted by Crippen LogP contribution is 2.38. The summed E-state index contributed by atoms with van der Waals surface area (Å²) in [5, 5.41) is 13.3. The van der Waals surface area contributed by atoms with Crippen molar-refractivity contribution in [1.29, 1.82) is 5.26 Å². The van der Waals surface area contributed by atoms with Crippen LogP contribution >= 0.6 is 0 Å². The van der Waals surface area contributed by atoms with Crippen molar-refractivity contribution in [3.63, 3.8) is 0 Å². The van der Waals surface area contributed by atoms with Crippen LogP contribution < -0.4 is 5.32 Å². The lowest BCUT2D eigenvalue weighted by molar-refractivity contribution is 0.243. The predicted octanol–water partition coefficient (Wildman–Crippen LogP) is 3.38. The summed E-state index contributed by atoms with van der Waals surface area (Å²) < 4.78 is 0. The van der Waals surface area contributed by atoms with E-state index >= 15 is 0 Å². The first-order valence-corrected chi connectivity index (χ1v) is 6.99. The van der Waals surface area contributed by atoms with Crippen LogP contribution in [0.3, 0.4) is 0 Å². The van der Waals surface area contributed by atoms with E-state index in [2.05, 4.69) is 18.3 Å². The van der Waals surface area contributed by atoms with E-state index in [4.69, 9.17) is 0 Å². The van der Waals surface area contributed by atoms with E-state index in [-0.39, 0.29) is 5.54 Å². The monoisotopic (exact) mass is 220 g/mol. The van der Waals surface area contributed by atoms with Crippen molar-refractivity contribution in [2.45, 2.75) is 76.3 Å². The summed E-state index contributed by atoms with van der Waals surface area (Å²) in [4.78, 5) is 0. The molecule has 0 aromatic heterocycles. The molecule has 0 amide bonds. The quantitative estimate of drug-likeness (QED) is 0.791. The zero-order valence-electron chi connectivity index (χ0n) is 10.5. The van der Waals surface area contributed by atoms with Gasteiger partial charge in [0.25, 0.3) is 0 Å². The Morgan fingerprint density at radius 3 is 2.56 bits per heavy atom. The molecule has 1 N–H and O–H groups in total. The molecular weight excluding hydrogens is 196 g/mol. The van der Waals surface area contributed by atoms with Crippen LogP contribution in [0.1, 0.15) is 64.7 Å². The molecule has 2 fully saturated rings. The normalized spacial score (nSPS) is 36.1. The van der Waals surface area contributed by atoms with Gasteiger partial charge in [0.15, 0.2) is 0 Å². The fourth-order valence-electron chi connectivity index (χ4n) is 3.61. The van der Waals surface area contributed by atoms with Crippen LogP contribution in [-0.2, 0) is 0 Å². The molecular formula is C14H24N2. The zero-order chi connectivity index (χ0) is 11.4. The van der Waals surface area contributed by atoms with Gasteiger partial charge in [-0.15, -0.1) is 0 Å². The fourth-order valence-corrected chi connectivity index (χ4v) is 3.61. The van der Waals surface area contributed by atoms with Gasteiger partial charge in [-0.25, -0.2) is 0 Å². The highest BCUT2D eigenvalue weighted by molar-refractivity contribution is 5.14. The van der Waals surface area contributed by atoms with E-state index in [1.165, 1.54) is 44.9 Å². The Morgan fingerprint density at radius 2 is 1.94 bits per heavy atom. The number of hydrogen-bond acceptors (Lipinski definition) is 2. The summed E-state index contributed by atoms with van der Waals surface area (Å²) in [7, 11) is 0. The van der Waals surface area contributed by atoms with Gasteiger partial charge in [-0.1, -0.05) is 39.0 Å². The minimum atomic E-state index is -0.184. The Bertz CT molecular complexity index is 262. The molecule has 90 valence electrons. The molecule has 2 atom stereocenters. The summed E-state index contributed by atoms with van der Waals surface area (Å²) in [5.74, 6) is 0.583. The maximum Gasteiger partial charge on any atom is 0.109 e. The lowest BCUT2D eigenvalue weighted by Gasteiger charge is -2.35. The third kappa shape index (κ3) is 2.25. The summed E-state index contributed by atoms with van der Waals surface area (Å²) >= 11 is 0. The van der Waals surface area contributed by atoms with Crippen molar-refractivity contribution in [2.24, 2.45) is 5.92 Å². The molecule has 0 radical (unpaired) electrons. The Hall–Kier alpha value is -0.550. The summed E-state index contributed by atoms with van der Waals surface area (Å²) in [6, 6.07) is 3.23. The van der Waals surface area contributed by atoms with Crippen LogP contribution in [0.5, 0.6) is 0 Å². The average molecular weight is 220 g/mol. The summed E-state index contributed by atoms with van der Waals surface area (Å²) in [6.07, 6.45) is 11.3. The number of nitrogens with zero attached hydrogens (tertiary/aromatic N) is 1. The third-order valence-corrected chi connectivity index (χ3v) is 4.58. The number of rotatable bonds is 3. The van der Waals surface area contributed by atoms with Gasteiger partial charge in [0.1, 0.15) is 5.54 Å². The molecule has 0 aromatic rings. The predicted molar refractivity (Wildman–Crippen MR) is 66.0 cm³/mol. The maximum absolute atomic E-state index is 9.54. The lowest BCUT2D eigenvalue weighted by atomic mass is 9.84. The Labute approximate surface area is 99.4 Å². The van der Waals surface area contributed by atoms with Crippen LogP contribution in [0.25, 0.3) is 0 Å². The zero-order valence-corrected chi connectivity index (χ0v) is 10.5. The van der Waals surface area contributed by atoms with Crippen molar-refractivity contribution in [3.05, 3.63) is 0 Å². The highest BCUT2D eigenvalue weighted by Gasteiger charge is 2.43. The molecule has 2 aliphatic carbocycles. The molecule has 2 unspecified atom stereocenters. The molecule has 0 spiro atoms. The molecule has 2 aliphatic rings. The minimum Gasteiger partial charge on any atom is -0.296 e. The minimum absolute atomic E-state index is 0.184. The SMILES string of the molecule is CCC1CCCC1(C#N)NC1CCCCC1. The average Bonchev–Trinajstić information content (AvgIpc) is 2.74. The summed E-state index contributed by atoms with van der Waals surface area (Å²) in [5.41, 5.74) is -0.184. The lowest BCUT2D eigenvalue weighted by Crippen LogP contribution is -2.52. The third-order valence-electron chi connectivity index (χ3n) is 4.58. The number of nitrogens with one attached hydrogen (secondary N) is 1. The second kappa shape index (κ2) is 5.19. The van der Waals surface area contributed by atoms with E-state index in [1.54, 1.807) is 0 Å². The molecule has 0 bridgehead atoms. The van der Waals surface area contributed by atoms with Crippen molar-refractivity contribution in [2.75, 3.05) is 0 Å². The van der Waals surface area contributed by atoms with Crippen molar-refractivity contribution < 1.29 is 0 Å². The van der Waals surface area contributed by atoms with Crippen LogP contribution in [0.4, 0.5) is 0 Å². The molecule has 2 heteroatoms. The first kappa shape index (κ1) is 11.9. The second-order valence-electron chi connectivity index (χ2n) is 5.56. The van der Waals surface area contributed by atoms with Gasteiger partial charge >= 0.3 is 0 Å². The van der Waals surface area contributed by atoms with E-state index in [0.717, 1.165) is 12.8 Å². The Kier molecular flexibility index (Phi) is 3.86. The highest BCUT2D eigenvalue weighted by atomic mass is 15.0. The fraction of sp³-hybridized carbons (Fsp3) is 0.929. The van der Waals surface area contributed by atoms with Gasteiger partial charge in [0.05, 0.1) is 6.07 Å². The van der Waals surface area contributed by atoms with Gasteiger partial charge in [0, 0.05) is 6.04 Å². The van der Waals surface area contributed by atoms with E-state index in [0.29, 0.717) is 12.0 Å². The van der Waals surface area contributed by atoms with Gasteiger partial charge in [0.2, 0.25) is 0 Å². The molecule has 2 rings (SSSR count). The van der Waals surface area contributed by atoms with Gasteiger partial charge in [-0.3, -0.25) is 5.32 Å². The van der Waals surface area contributed by atoms with Crippen LogP contribution in [-0.4, -0.2) is 11.6 Å². The Balaban J connectivity index is 2.01. The van der Waals surface area contributed by atoms with Gasteiger partial charge < -0.3 is 0 Å². The van der Waals surface area contributed by atoms with Crippen LogP contribution in [0, 0.1) is 17.2 Å². The molecule has 16 heavy (non-hydrogen) atoms. The molecule has 0 saturated heterocycles. The first-order valence-electron chi connectivity index (χ1n) is 6.99. The van der Waals surface area contributed by atoms with Crippen molar-refractivity contribution in [1.82, 2.24) is 5.32 Å². The Morgan fingerprint density at radius 1 is 1.19 bits per heavy atom. The van der Waals surface area contributed by atoms with E-state index in [1.807, 2.05) is 0 Å². The number of nitriles is 1. The van der Waals surface area contributed by atoms with E-state index < -0.39 is 0 Å². The van der Waals surface area contributed by atoms with Crippen molar-refractivity contribution >= 4 is 0 Å². The van der Waals surface area contributed by atoms with E-state index in [9.17, 15) is 5.26 Å². The largest absolute Gasteiger partial charge is 0.296 e. The molecule has 2 nitrogen and oxygen atoms in total. The summed E-state index contributed by atoms with van der Waals surface area (Å²) in [6.45, 7) is 2.23. The van der Waals surface area contributed by atoms with Gasteiger partial charge in [-0.2, -0.15) is 5.26 Å². The maximum atomic E-state index is 9.54. The second-order valence-corrected chi connectivity index (χ2v) is 5.56. The molecule has 0 heterocycles. The number of hydrogen-bond donors (Lipinski definition) is 1. The van der Waals surface area contributed by atoms with Crippen LogP contribution in [0.15, 0.2) is 0 Å². The molecule has 0 aromatic carbocycles. The van der Waals surface area contributed by atoms with Crippen LogP contribution in [0.2, 0.25) is 0 Å². The van der Waals surface area contributed by atoms with Crippen molar-refractivity contribution in [3.8, 4) is 6.07 Å². The first-order chi connectivity index (χ1) is 7.80. The smallest absolute Gasteiger partial charge is 0.109 e. The standard InChI is InChI=1S/C14H24N2/c1-2-12-7-6-10-14(12,11-15)16-13-8-4-3-5-9-13/h12-13,16H,2-10H2,1H3. The van der Waals surface area contributed by atoms with Gasteiger partial charge in [-0.05, 0) is 31.6 Å². The molecule has 0 aliphatic heterocycles. The topological polar surface area (TPSA) is 35.8 Å².